The minimum atomic E-state index is -0.550. The number of furan rings is 1. The molecular weight excluding hydrogens is 403 g/mol. The minimum absolute atomic E-state index is 0.0661. The van der Waals surface area contributed by atoms with E-state index in [0.29, 0.717) is 5.69 Å². The monoisotopic (exact) mass is 416 g/mol. The number of hydrazone groups is 1. The lowest BCUT2D eigenvalue weighted by molar-refractivity contribution is -0.384. The lowest BCUT2D eigenvalue weighted by Gasteiger charge is -2.04. The number of benzene rings is 2. The van der Waals surface area contributed by atoms with Crippen molar-refractivity contribution in [2.75, 3.05) is 11.9 Å². The number of amides is 1. The Morgan fingerprint density at radius 3 is 2.69 bits per heavy atom. The third-order valence-electron chi connectivity index (χ3n) is 3.73. The van der Waals surface area contributed by atoms with Crippen LogP contribution < -0.4 is 10.7 Å². The van der Waals surface area contributed by atoms with Crippen molar-refractivity contribution < 1.29 is 18.5 Å². The molecular formula is C19H14ClFN4O4. The number of nitrogens with zero attached hydrogens (tertiary/aromatic N) is 2. The van der Waals surface area contributed by atoms with Gasteiger partial charge in [0, 0.05) is 16.8 Å². The topological polar surface area (TPSA) is 110 Å². The predicted molar refractivity (Wildman–Crippen MR) is 106 cm³/mol. The van der Waals surface area contributed by atoms with Gasteiger partial charge in [-0.15, -0.1) is 0 Å². The highest BCUT2D eigenvalue weighted by Gasteiger charge is 2.18. The van der Waals surface area contributed by atoms with Crippen LogP contribution in [0, 0.1) is 15.9 Å². The van der Waals surface area contributed by atoms with Gasteiger partial charge in [0.15, 0.2) is 0 Å². The first-order chi connectivity index (χ1) is 13.9. The summed E-state index contributed by atoms with van der Waals surface area (Å²) in [5, 5.41) is 18.0. The Morgan fingerprint density at radius 1 is 1.21 bits per heavy atom. The van der Waals surface area contributed by atoms with Gasteiger partial charge in [-0.1, -0.05) is 11.6 Å². The molecule has 10 heteroatoms. The number of carbonyl (C=O) groups is 1. The second kappa shape index (κ2) is 8.98. The van der Waals surface area contributed by atoms with Gasteiger partial charge in [-0.05, 0) is 48.5 Å². The number of anilines is 1. The van der Waals surface area contributed by atoms with Gasteiger partial charge in [0.05, 0.1) is 23.2 Å². The molecule has 1 heterocycles. The van der Waals surface area contributed by atoms with Gasteiger partial charge in [0.2, 0.25) is 0 Å². The number of hydrogen-bond donors (Lipinski definition) is 2. The summed E-state index contributed by atoms with van der Waals surface area (Å²) in [7, 11) is 0. The molecule has 2 N–H and O–H groups in total. The van der Waals surface area contributed by atoms with E-state index < -0.39 is 10.8 Å². The van der Waals surface area contributed by atoms with Crippen LogP contribution in [0.5, 0.6) is 0 Å². The summed E-state index contributed by atoms with van der Waals surface area (Å²) < 4.78 is 18.4. The molecule has 3 rings (SSSR count). The zero-order valence-corrected chi connectivity index (χ0v) is 15.5. The number of nitrogens with one attached hydrogen (secondary N) is 2. The molecule has 0 aliphatic rings. The second-order valence-corrected chi connectivity index (χ2v) is 6.21. The van der Waals surface area contributed by atoms with E-state index >= 15 is 0 Å². The van der Waals surface area contributed by atoms with E-state index in [1.807, 2.05) is 0 Å². The van der Waals surface area contributed by atoms with Crippen molar-refractivity contribution in [1.29, 1.82) is 0 Å². The van der Waals surface area contributed by atoms with Crippen LogP contribution in [0.2, 0.25) is 5.02 Å². The zero-order valence-electron chi connectivity index (χ0n) is 14.8. The molecule has 1 aromatic heterocycles. The molecule has 8 nitrogen and oxygen atoms in total. The quantitative estimate of drug-likeness (QED) is 0.340. The average Bonchev–Trinajstić information content (AvgIpc) is 3.16. The first-order valence-corrected chi connectivity index (χ1v) is 8.65. The first kappa shape index (κ1) is 20.0. The van der Waals surface area contributed by atoms with Gasteiger partial charge in [0.1, 0.15) is 17.3 Å². The first-order valence-electron chi connectivity index (χ1n) is 8.28. The summed E-state index contributed by atoms with van der Waals surface area (Å²) in [5.74, 6) is -0.243. The van der Waals surface area contributed by atoms with Crippen LogP contribution in [0.15, 0.2) is 64.1 Å². The van der Waals surface area contributed by atoms with E-state index in [4.69, 9.17) is 16.0 Å². The van der Waals surface area contributed by atoms with E-state index in [1.165, 1.54) is 48.7 Å². The molecule has 3 aromatic rings. The van der Waals surface area contributed by atoms with Crippen LogP contribution in [-0.2, 0) is 4.79 Å². The van der Waals surface area contributed by atoms with Crippen LogP contribution in [0.1, 0.15) is 5.76 Å². The van der Waals surface area contributed by atoms with E-state index in [-0.39, 0.29) is 40.2 Å². The number of hydrogen-bond acceptors (Lipinski definition) is 6. The highest BCUT2D eigenvalue weighted by atomic mass is 35.5. The molecule has 0 atom stereocenters. The van der Waals surface area contributed by atoms with Gasteiger partial charge in [0.25, 0.3) is 11.6 Å². The number of carbonyl (C=O) groups excluding carboxylic acids is 1. The van der Waals surface area contributed by atoms with Crippen LogP contribution in [-0.4, -0.2) is 23.6 Å². The molecule has 0 unspecified atom stereocenters. The molecule has 0 saturated carbocycles. The van der Waals surface area contributed by atoms with Crippen LogP contribution in [0.25, 0.3) is 11.3 Å². The van der Waals surface area contributed by atoms with Gasteiger partial charge in [-0.25, -0.2) is 9.82 Å². The minimum Gasteiger partial charge on any atom is -0.455 e. The van der Waals surface area contributed by atoms with Crippen molar-refractivity contribution in [1.82, 2.24) is 5.43 Å². The molecule has 2 aromatic carbocycles. The van der Waals surface area contributed by atoms with Gasteiger partial charge >= 0.3 is 0 Å². The fourth-order valence-electron chi connectivity index (χ4n) is 2.39. The highest BCUT2D eigenvalue weighted by Crippen LogP contribution is 2.33. The maximum atomic E-state index is 12.8. The number of nitro groups is 1. The maximum Gasteiger partial charge on any atom is 0.281 e. The second-order valence-electron chi connectivity index (χ2n) is 5.77. The lowest BCUT2D eigenvalue weighted by Crippen LogP contribution is -2.25. The van der Waals surface area contributed by atoms with Crippen molar-refractivity contribution in [3.8, 4) is 11.3 Å². The lowest BCUT2D eigenvalue weighted by atomic mass is 10.1. The van der Waals surface area contributed by atoms with E-state index in [9.17, 15) is 19.3 Å². The third-order valence-corrected chi connectivity index (χ3v) is 3.96. The normalized spacial score (nSPS) is 10.8. The number of rotatable bonds is 7. The fourth-order valence-corrected chi connectivity index (χ4v) is 2.56. The molecule has 29 heavy (non-hydrogen) atoms. The summed E-state index contributed by atoms with van der Waals surface area (Å²) in [5.41, 5.74) is 2.98. The molecule has 1 amide bonds. The average molecular weight is 417 g/mol. The van der Waals surface area contributed by atoms with Crippen molar-refractivity contribution in [3.63, 3.8) is 0 Å². The van der Waals surface area contributed by atoms with E-state index in [0.717, 1.165) is 0 Å². The molecule has 148 valence electrons. The Labute approximate surface area is 169 Å². The Bertz CT molecular complexity index is 1070. The summed E-state index contributed by atoms with van der Waals surface area (Å²) in [6, 6.07) is 12.9. The Kier molecular flexibility index (Phi) is 6.20. The third kappa shape index (κ3) is 5.39. The van der Waals surface area contributed by atoms with Gasteiger partial charge < -0.3 is 9.73 Å². The number of nitro benzene ring substituents is 1. The summed E-state index contributed by atoms with van der Waals surface area (Å²) in [6.07, 6.45) is 1.26. The van der Waals surface area contributed by atoms with Gasteiger partial charge in [-0.2, -0.15) is 5.10 Å². The molecule has 0 bridgehead atoms. The SMILES string of the molecule is O=C(CNc1ccc(F)cc1)N/N=C\c1ccc(-c2ccc(Cl)cc2[N+](=O)[O-])o1. The molecule has 0 aliphatic heterocycles. The maximum absolute atomic E-state index is 12.8. The summed E-state index contributed by atoms with van der Waals surface area (Å²) >= 11 is 5.81. The van der Waals surface area contributed by atoms with Crippen molar-refractivity contribution in [3.05, 3.63) is 81.3 Å². The van der Waals surface area contributed by atoms with Crippen LogP contribution in [0.3, 0.4) is 0 Å². The fraction of sp³-hybridized carbons (Fsp3) is 0.0526. The zero-order chi connectivity index (χ0) is 20.8. The summed E-state index contributed by atoms with van der Waals surface area (Å²) in [6.45, 7) is -0.0661. The number of halogens is 2. The molecule has 0 radical (unpaired) electrons. The van der Waals surface area contributed by atoms with E-state index in [2.05, 4.69) is 15.8 Å². The highest BCUT2D eigenvalue weighted by molar-refractivity contribution is 6.30. The Balaban J connectivity index is 1.59. The molecule has 0 aliphatic carbocycles. The van der Waals surface area contributed by atoms with Crippen molar-refractivity contribution in [2.45, 2.75) is 0 Å². The largest absolute Gasteiger partial charge is 0.455 e. The smallest absolute Gasteiger partial charge is 0.281 e. The molecule has 0 spiro atoms. The standard InChI is InChI=1S/C19H14ClFN4O4/c20-12-1-7-16(17(9-12)25(27)28)18-8-6-15(29-18)10-23-24-19(26)11-22-14-4-2-13(21)3-5-14/h1-10,22H,11H2,(H,24,26)/b23-10-. The van der Waals surface area contributed by atoms with Crippen LogP contribution >= 0.6 is 11.6 Å². The Hall–Kier alpha value is -3.72. The Morgan fingerprint density at radius 2 is 1.97 bits per heavy atom. The molecule has 0 saturated heterocycles. The van der Waals surface area contributed by atoms with Crippen molar-refractivity contribution >= 4 is 35.1 Å². The van der Waals surface area contributed by atoms with Crippen LogP contribution in [0.4, 0.5) is 15.8 Å². The summed E-state index contributed by atoms with van der Waals surface area (Å²) in [4.78, 5) is 22.4. The predicted octanol–water partition coefficient (Wildman–Crippen LogP) is 4.21. The molecule has 0 fully saturated rings. The van der Waals surface area contributed by atoms with Gasteiger partial charge in [-0.3, -0.25) is 14.9 Å². The van der Waals surface area contributed by atoms with E-state index in [1.54, 1.807) is 12.1 Å². The van der Waals surface area contributed by atoms with Crippen molar-refractivity contribution in [2.24, 2.45) is 5.10 Å².